The maximum Gasteiger partial charge on any atom is 0.410 e. The van der Waals surface area contributed by atoms with Crippen molar-refractivity contribution in [2.45, 2.75) is 65.6 Å². The molecular formula is C31H43N5O4. The predicted molar refractivity (Wildman–Crippen MR) is 159 cm³/mol. The summed E-state index contributed by atoms with van der Waals surface area (Å²) in [6, 6.07) is 13.8. The van der Waals surface area contributed by atoms with Gasteiger partial charge in [-0.25, -0.2) is 4.79 Å². The molecule has 3 amide bonds. The van der Waals surface area contributed by atoms with Crippen molar-refractivity contribution in [3.63, 3.8) is 0 Å². The van der Waals surface area contributed by atoms with Gasteiger partial charge in [0.1, 0.15) is 5.60 Å². The molecule has 2 aliphatic heterocycles. The average Bonchev–Trinajstić information content (AvgIpc) is 2.92. The summed E-state index contributed by atoms with van der Waals surface area (Å²) in [5.41, 5.74) is 4.05. The van der Waals surface area contributed by atoms with E-state index in [2.05, 4.69) is 47.6 Å². The smallest absolute Gasteiger partial charge is 0.410 e. The minimum Gasteiger partial charge on any atom is -0.444 e. The van der Waals surface area contributed by atoms with Crippen LogP contribution < -0.4 is 20.4 Å². The van der Waals surface area contributed by atoms with Gasteiger partial charge < -0.3 is 30.1 Å². The number of rotatable bonds is 5. The van der Waals surface area contributed by atoms with Crippen LogP contribution in [0.4, 0.5) is 21.9 Å². The first kappa shape index (κ1) is 29.2. The van der Waals surface area contributed by atoms with E-state index in [0.717, 1.165) is 29.0 Å². The third kappa shape index (κ3) is 6.18. The molecule has 2 aliphatic rings. The van der Waals surface area contributed by atoms with Gasteiger partial charge in [-0.15, -0.1) is 0 Å². The summed E-state index contributed by atoms with van der Waals surface area (Å²) >= 11 is 0. The SMILES string of the molecule is CC[C@H]1[C@H](C)C(Nc2ccc(C(=O)NC)cc2)c2cc(N3CCN(C(=O)OC(C)(C)C)CC3)ccc2N1C(C)=O. The van der Waals surface area contributed by atoms with Crippen LogP contribution in [0, 0.1) is 5.92 Å². The van der Waals surface area contributed by atoms with Gasteiger partial charge in [-0.2, -0.15) is 0 Å². The quantitative estimate of drug-likeness (QED) is 0.543. The molecule has 1 unspecified atom stereocenters. The molecule has 2 aromatic rings. The summed E-state index contributed by atoms with van der Waals surface area (Å²) in [6.07, 6.45) is 0.559. The molecular weight excluding hydrogens is 506 g/mol. The fourth-order valence-electron chi connectivity index (χ4n) is 5.81. The van der Waals surface area contributed by atoms with Crippen molar-refractivity contribution in [2.24, 2.45) is 5.92 Å². The third-order valence-corrected chi connectivity index (χ3v) is 7.82. The number of piperazine rings is 1. The summed E-state index contributed by atoms with van der Waals surface area (Å²) in [4.78, 5) is 43.4. The monoisotopic (exact) mass is 549 g/mol. The van der Waals surface area contributed by atoms with Crippen molar-refractivity contribution in [2.75, 3.05) is 48.3 Å². The molecule has 0 saturated carbocycles. The second-order valence-corrected chi connectivity index (χ2v) is 11.7. The molecule has 0 aliphatic carbocycles. The number of hydrogen-bond donors (Lipinski definition) is 2. The first-order valence-corrected chi connectivity index (χ1v) is 14.2. The fraction of sp³-hybridized carbons (Fsp3) is 0.516. The zero-order valence-corrected chi connectivity index (χ0v) is 24.8. The highest BCUT2D eigenvalue weighted by molar-refractivity contribution is 5.95. The Morgan fingerprint density at radius 3 is 2.20 bits per heavy atom. The molecule has 3 atom stereocenters. The zero-order valence-electron chi connectivity index (χ0n) is 24.8. The average molecular weight is 550 g/mol. The molecule has 40 heavy (non-hydrogen) atoms. The maximum atomic E-state index is 12.9. The van der Waals surface area contributed by atoms with Crippen LogP contribution in [0.3, 0.4) is 0 Å². The number of nitrogens with one attached hydrogen (secondary N) is 2. The van der Waals surface area contributed by atoms with E-state index >= 15 is 0 Å². The van der Waals surface area contributed by atoms with Gasteiger partial charge in [0.05, 0.1) is 6.04 Å². The number of carbonyl (C=O) groups is 3. The molecule has 0 radical (unpaired) electrons. The van der Waals surface area contributed by atoms with Gasteiger partial charge in [0.25, 0.3) is 5.91 Å². The van der Waals surface area contributed by atoms with E-state index in [1.165, 1.54) is 0 Å². The maximum absolute atomic E-state index is 12.9. The standard InChI is InChI=1S/C31H43N5O4/c1-8-26-20(2)28(33-23-11-9-22(10-12-23)29(38)32-7)25-19-24(13-14-27(25)36(26)21(3)37)34-15-17-35(18-16-34)30(39)40-31(4,5)6/h9-14,19-20,26,28,33H,8,15-18H2,1-7H3,(H,32,38)/t20-,26-,28?/m0/s1. The van der Waals surface area contributed by atoms with Gasteiger partial charge in [-0.1, -0.05) is 13.8 Å². The Morgan fingerprint density at radius 1 is 1.00 bits per heavy atom. The largest absolute Gasteiger partial charge is 0.444 e. The van der Waals surface area contributed by atoms with Gasteiger partial charge in [0.15, 0.2) is 0 Å². The Morgan fingerprint density at radius 2 is 1.65 bits per heavy atom. The van der Waals surface area contributed by atoms with Crippen LogP contribution in [-0.2, 0) is 9.53 Å². The van der Waals surface area contributed by atoms with Crippen LogP contribution in [0.25, 0.3) is 0 Å². The Kier molecular flexibility index (Phi) is 8.61. The van der Waals surface area contributed by atoms with Gasteiger partial charge in [0.2, 0.25) is 5.91 Å². The van der Waals surface area contributed by atoms with Gasteiger partial charge in [-0.3, -0.25) is 9.59 Å². The topological polar surface area (TPSA) is 94.2 Å². The molecule has 0 spiro atoms. The Bertz CT molecular complexity index is 1230. The van der Waals surface area contributed by atoms with E-state index in [4.69, 9.17) is 4.74 Å². The van der Waals surface area contributed by atoms with E-state index in [0.29, 0.717) is 31.7 Å². The Balaban J connectivity index is 1.62. The number of ether oxygens (including phenoxy) is 1. The third-order valence-electron chi connectivity index (χ3n) is 7.82. The predicted octanol–water partition coefficient (Wildman–Crippen LogP) is 5.04. The van der Waals surface area contributed by atoms with Crippen molar-refractivity contribution in [3.8, 4) is 0 Å². The molecule has 0 bridgehead atoms. The van der Waals surface area contributed by atoms with E-state index in [1.807, 2.05) is 49.9 Å². The van der Waals surface area contributed by atoms with Crippen LogP contribution in [-0.4, -0.2) is 67.7 Å². The molecule has 2 aromatic carbocycles. The lowest BCUT2D eigenvalue weighted by molar-refractivity contribution is -0.117. The summed E-state index contributed by atoms with van der Waals surface area (Å²) in [5, 5.41) is 6.37. The minimum absolute atomic E-state index is 0.0343. The molecule has 216 valence electrons. The van der Waals surface area contributed by atoms with Crippen molar-refractivity contribution in [1.82, 2.24) is 10.2 Å². The van der Waals surface area contributed by atoms with Crippen molar-refractivity contribution < 1.29 is 19.1 Å². The molecule has 9 heteroatoms. The number of nitrogens with zero attached hydrogens (tertiary/aromatic N) is 3. The molecule has 1 saturated heterocycles. The van der Waals surface area contributed by atoms with Crippen LogP contribution in [0.2, 0.25) is 0 Å². The van der Waals surface area contributed by atoms with Crippen molar-refractivity contribution >= 4 is 35.0 Å². The highest BCUT2D eigenvalue weighted by Crippen LogP contribution is 2.45. The Labute approximate surface area is 237 Å². The highest BCUT2D eigenvalue weighted by atomic mass is 16.6. The van der Waals surface area contributed by atoms with Gasteiger partial charge >= 0.3 is 6.09 Å². The summed E-state index contributed by atoms with van der Waals surface area (Å²) in [5.74, 6) is 0.0498. The van der Waals surface area contributed by atoms with Crippen molar-refractivity contribution in [1.29, 1.82) is 0 Å². The number of anilines is 3. The van der Waals surface area contributed by atoms with Crippen molar-refractivity contribution in [3.05, 3.63) is 53.6 Å². The normalized spacial score (nSPS) is 21.0. The number of carbonyl (C=O) groups excluding carboxylic acids is 3. The lowest BCUT2D eigenvalue weighted by Crippen LogP contribution is -2.51. The summed E-state index contributed by atoms with van der Waals surface area (Å²) < 4.78 is 5.56. The Hall–Kier alpha value is -3.75. The fourth-order valence-corrected chi connectivity index (χ4v) is 5.81. The van der Waals surface area contributed by atoms with E-state index in [1.54, 1.807) is 18.9 Å². The second-order valence-electron chi connectivity index (χ2n) is 11.7. The van der Waals surface area contributed by atoms with Crippen LogP contribution in [0.1, 0.15) is 69.9 Å². The van der Waals surface area contributed by atoms with Crippen LogP contribution in [0.15, 0.2) is 42.5 Å². The first-order chi connectivity index (χ1) is 18.9. The highest BCUT2D eigenvalue weighted by Gasteiger charge is 2.40. The zero-order chi connectivity index (χ0) is 29.2. The number of benzene rings is 2. The van der Waals surface area contributed by atoms with Gasteiger partial charge in [-0.05, 0) is 69.7 Å². The lowest BCUT2D eigenvalue weighted by atomic mass is 9.80. The van der Waals surface area contributed by atoms with Gasteiger partial charge in [0, 0.05) is 80.3 Å². The van der Waals surface area contributed by atoms with E-state index in [-0.39, 0.29) is 35.9 Å². The molecule has 2 heterocycles. The number of fused-ring (bicyclic) bond motifs is 1. The minimum atomic E-state index is -0.521. The van der Waals surface area contributed by atoms with Crippen LogP contribution in [0.5, 0.6) is 0 Å². The molecule has 9 nitrogen and oxygen atoms in total. The number of hydrogen-bond acceptors (Lipinski definition) is 6. The molecule has 1 fully saturated rings. The summed E-state index contributed by atoms with van der Waals surface area (Å²) in [7, 11) is 1.62. The molecule has 4 rings (SSSR count). The van der Waals surface area contributed by atoms with E-state index < -0.39 is 5.60 Å². The molecule has 2 N–H and O–H groups in total. The lowest BCUT2D eigenvalue weighted by Gasteiger charge is -2.46. The van der Waals surface area contributed by atoms with Crippen LogP contribution >= 0.6 is 0 Å². The number of amides is 3. The molecule has 0 aromatic heterocycles. The summed E-state index contributed by atoms with van der Waals surface area (Å²) in [6.45, 7) is 14.1. The second kappa shape index (κ2) is 11.8. The first-order valence-electron chi connectivity index (χ1n) is 14.2. The van der Waals surface area contributed by atoms with E-state index in [9.17, 15) is 14.4 Å².